The average Bonchev–Trinajstić information content (AvgIpc) is 3.02. The van der Waals surface area contributed by atoms with Gasteiger partial charge in [0.1, 0.15) is 17.2 Å². The van der Waals surface area contributed by atoms with Gasteiger partial charge >= 0.3 is 6.01 Å². The van der Waals surface area contributed by atoms with Crippen molar-refractivity contribution < 1.29 is 9.13 Å². The number of hydrogen-bond acceptors (Lipinski definition) is 6. The summed E-state index contributed by atoms with van der Waals surface area (Å²) in [6.07, 6.45) is 4.28. The highest BCUT2D eigenvalue weighted by atomic mass is 19.1. The molecule has 0 spiro atoms. The van der Waals surface area contributed by atoms with Crippen LogP contribution < -0.4 is 10.3 Å². The van der Waals surface area contributed by atoms with E-state index < -0.39 is 5.82 Å². The monoisotopic (exact) mass is 366 g/mol. The van der Waals surface area contributed by atoms with Crippen molar-refractivity contribution in [3.05, 3.63) is 64.2 Å². The number of aryl methyl sites for hydroxylation is 1. The fraction of sp³-hybridized carbons (Fsp3) is 0.167. The number of imidazole rings is 1. The molecule has 0 aromatic carbocycles. The molecule has 0 saturated carbocycles. The number of nitrogens with one attached hydrogen (secondary N) is 1. The molecule has 0 unspecified atom stereocenters. The van der Waals surface area contributed by atoms with Crippen molar-refractivity contribution in [3.63, 3.8) is 0 Å². The van der Waals surface area contributed by atoms with Gasteiger partial charge in [0.25, 0.3) is 0 Å². The van der Waals surface area contributed by atoms with Gasteiger partial charge in [0.2, 0.25) is 5.56 Å². The highest BCUT2D eigenvalue weighted by Gasteiger charge is 2.18. The van der Waals surface area contributed by atoms with E-state index in [1.165, 1.54) is 25.4 Å². The SMILES string of the molecule is COc1nc(C)c2nc(-c3cncc(F)c3)n(Cc3ccc(=O)[nH]c3)c2n1. The molecule has 136 valence electrons. The van der Waals surface area contributed by atoms with Gasteiger partial charge in [-0.3, -0.25) is 9.78 Å². The third-order valence-corrected chi connectivity index (χ3v) is 4.08. The molecule has 4 rings (SSSR count). The summed E-state index contributed by atoms with van der Waals surface area (Å²) in [6, 6.07) is 4.73. The van der Waals surface area contributed by atoms with Gasteiger partial charge in [-0.15, -0.1) is 0 Å². The van der Waals surface area contributed by atoms with Gasteiger partial charge in [0, 0.05) is 24.0 Å². The first-order valence-corrected chi connectivity index (χ1v) is 8.12. The van der Waals surface area contributed by atoms with Crippen LogP contribution in [0.25, 0.3) is 22.6 Å². The minimum atomic E-state index is -0.462. The lowest BCUT2D eigenvalue weighted by molar-refractivity contribution is 0.380. The Kier molecular flexibility index (Phi) is 4.11. The lowest BCUT2D eigenvalue weighted by Crippen LogP contribution is -2.08. The van der Waals surface area contributed by atoms with Crippen LogP contribution in [0.3, 0.4) is 0 Å². The van der Waals surface area contributed by atoms with Gasteiger partial charge in [-0.25, -0.2) is 9.37 Å². The van der Waals surface area contributed by atoms with Crippen molar-refractivity contribution in [1.82, 2.24) is 29.5 Å². The Balaban J connectivity index is 1.96. The normalized spacial score (nSPS) is 11.1. The third kappa shape index (κ3) is 3.14. The van der Waals surface area contributed by atoms with Crippen LogP contribution in [-0.2, 0) is 6.54 Å². The number of halogens is 1. The molecule has 0 aliphatic heterocycles. The van der Waals surface area contributed by atoms with Gasteiger partial charge in [-0.05, 0) is 18.6 Å². The van der Waals surface area contributed by atoms with Crippen molar-refractivity contribution in [2.45, 2.75) is 13.5 Å². The molecule has 9 heteroatoms. The third-order valence-electron chi connectivity index (χ3n) is 4.08. The number of aromatic amines is 1. The van der Waals surface area contributed by atoms with Gasteiger partial charge < -0.3 is 14.3 Å². The number of pyridine rings is 2. The number of ether oxygens (including phenoxy) is 1. The van der Waals surface area contributed by atoms with E-state index in [0.29, 0.717) is 34.8 Å². The summed E-state index contributed by atoms with van der Waals surface area (Å²) in [4.78, 5) is 31.2. The first-order chi connectivity index (χ1) is 13.0. The van der Waals surface area contributed by atoms with E-state index in [0.717, 1.165) is 11.8 Å². The Hall–Kier alpha value is -3.62. The molecular weight excluding hydrogens is 351 g/mol. The Labute approximate surface area is 152 Å². The first-order valence-electron chi connectivity index (χ1n) is 8.12. The minimum absolute atomic E-state index is 0.191. The first kappa shape index (κ1) is 16.8. The van der Waals surface area contributed by atoms with Gasteiger partial charge in [0.15, 0.2) is 5.65 Å². The molecule has 4 aromatic rings. The Morgan fingerprint density at radius 1 is 1.22 bits per heavy atom. The number of rotatable bonds is 4. The zero-order chi connectivity index (χ0) is 19.0. The number of hydrogen-bond donors (Lipinski definition) is 1. The molecule has 8 nitrogen and oxygen atoms in total. The molecule has 4 aromatic heterocycles. The summed E-state index contributed by atoms with van der Waals surface area (Å²) in [7, 11) is 1.49. The van der Waals surface area contributed by atoms with Crippen molar-refractivity contribution in [2.24, 2.45) is 0 Å². The number of methoxy groups -OCH3 is 1. The van der Waals surface area contributed by atoms with E-state index in [1.807, 2.05) is 4.57 Å². The zero-order valence-electron chi connectivity index (χ0n) is 14.6. The maximum Gasteiger partial charge on any atom is 0.318 e. The lowest BCUT2D eigenvalue weighted by Gasteiger charge is -2.09. The Bertz CT molecular complexity index is 1180. The molecule has 0 bridgehead atoms. The van der Waals surface area contributed by atoms with Crippen LogP contribution in [0.5, 0.6) is 6.01 Å². The average molecular weight is 366 g/mol. The summed E-state index contributed by atoms with van der Waals surface area (Å²) in [5.41, 5.74) is 2.92. The summed E-state index contributed by atoms with van der Waals surface area (Å²) < 4.78 is 20.7. The van der Waals surface area contributed by atoms with Crippen molar-refractivity contribution >= 4 is 11.2 Å². The van der Waals surface area contributed by atoms with E-state index in [9.17, 15) is 9.18 Å². The van der Waals surface area contributed by atoms with E-state index in [1.54, 1.807) is 19.2 Å². The van der Waals surface area contributed by atoms with Crippen molar-refractivity contribution in [3.8, 4) is 17.4 Å². The number of fused-ring (bicyclic) bond motifs is 1. The molecule has 0 fully saturated rings. The van der Waals surface area contributed by atoms with Gasteiger partial charge in [0.05, 0.1) is 25.5 Å². The van der Waals surface area contributed by atoms with Gasteiger partial charge in [-0.2, -0.15) is 9.97 Å². The summed E-state index contributed by atoms with van der Waals surface area (Å²) in [5, 5.41) is 0. The van der Waals surface area contributed by atoms with E-state index in [-0.39, 0.29) is 11.6 Å². The van der Waals surface area contributed by atoms with Crippen LogP contribution in [0, 0.1) is 12.7 Å². The van der Waals surface area contributed by atoms with Crippen molar-refractivity contribution in [1.29, 1.82) is 0 Å². The Morgan fingerprint density at radius 2 is 2.07 bits per heavy atom. The fourth-order valence-corrected chi connectivity index (χ4v) is 2.83. The number of H-pyrrole nitrogens is 1. The molecule has 27 heavy (non-hydrogen) atoms. The molecular formula is C18H15FN6O2. The fourth-order valence-electron chi connectivity index (χ4n) is 2.83. The van der Waals surface area contributed by atoms with Crippen molar-refractivity contribution in [2.75, 3.05) is 7.11 Å². The highest BCUT2D eigenvalue weighted by Crippen LogP contribution is 2.27. The summed E-state index contributed by atoms with van der Waals surface area (Å²) in [5.74, 6) is 0.0318. The van der Waals surface area contributed by atoms with Gasteiger partial charge in [-0.1, -0.05) is 6.07 Å². The quantitative estimate of drug-likeness (QED) is 0.594. The summed E-state index contributed by atoms with van der Waals surface area (Å²) in [6.45, 7) is 2.16. The zero-order valence-corrected chi connectivity index (χ0v) is 14.6. The molecule has 0 atom stereocenters. The molecule has 4 heterocycles. The van der Waals surface area contributed by atoms with Crippen LogP contribution in [0.2, 0.25) is 0 Å². The minimum Gasteiger partial charge on any atom is -0.467 e. The highest BCUT2D eigenvalue weighted by molar-refractivity contribution is 5.79. The molecule has 0 aliphatic carbocycles. The second-order valence-electron chi connectivity index (χ2n) is 5.94. The Morgan fingerprint density at radius 3 is 2.78 bits per heavy atom. The number of aromatic nitrogens is 6. The topological polar surface area (TPSA) is 98.6 Å². The van der Waals surface area contributed by atoms with E-state index >= 15 is 0 Å². The molecule has 0 radical (unpaired) electrons. The lowest BCUT2D eigenvalue weighted by atomic mass is 10.2. The molecule has 1 N–H and O–H groups in total. The van der Waals surface area contributed by atoms with Crippen LogP contribution in [0.4, 0.5) is 4.39 Å². The van der Waals surface area contributed by atoms with Crippen LogP contribution in [0.1, 0.15) is 11.3 Å². The molecule has 0 saturated heterocycles. The van der Waals surface area contributed by atoms with Crippen LogP contribution in [0.15, 0.2) is 41.6 Å². The second-order valence-corrected chi connectivity index (χ2v) is 5.94. The maximum absolute atomic E-state index is 13.7. The number of nitrogens with zero attached hydrogens (tertiary/aromatic N) is 5. The molecule has 0 aliphatic rings. The van der Waals surface area contributed by atoms with E-state index in [4.69, 9.17) is 4.74 Å². The van der Waals surface area contributed by atoms with E-state index in [2.05, 4.69) is 24.9 Å². The smallest absolute Gasteiger partial charge is 0.318 e. The maximum atomic E-state index is 13.7. The standard InChI is InChI=1S/C18H15FN6O2/c1-10-15-17(24-18(22-10)27-2)25(9-11-3-4-14(26)21-6-11)16(23-15)12-5-13(19)8-20-7-12/h3-8H,9H2,1-2H3,(H,21,26). The van der Waals surface area contributed by atoms with Crippen LogP contribution in [-0.4, -0.2) is 36.6 Å². The largest absolute Gasteiger partial charge is 0.467 e. The predicted molar refractivity (Wildman–Crippen MR) is 96.0 cm³/mol. The molecule has 0 amide bonds. The predicted octanol–water partition coefficient (Wildman–Crippen LogP) is 2.08. The second kappa shape index (κ2) is 6.60. The summed E-state index contributed by atoms with van der Waals surface area (Å²) >= 11 is 0. The van der Waals surface area contributed by atoms with Crippen LogP contribution >= 0.6 is 0 Å².